The number of hydrogen-bond donors (Lipinski definition) is 2. The molecule has 2 N–H and O–H groups in total. The summed E-state index contributed by atoms with van der Waals surface area (Å²) in [6.07, 6.45) is 0.107. The molecule has 11 nitrogen and oxygen atoms in total. The van der Waals surface area contributed by atoms with E-state index in [0.717, 1.165) is 0 Å². The van der Waals surface area contributed by atoms with Crippen molar-refractivity contribution in [2.45, 2.75) is 19.1 Å². The zero-order valence-electron chi connectivity index (χ0n) is 17.9. The van der Waals surface area contributed by atoms with E-state index in [1.807, 2.05) is 4.90 Å². The van der Waals surface area contributed by atoms with E-state index < -0.39 is 22.9 Å². The Hall–Kier alpha value is -3.80. The number of halogens is 1. The second-order valence-electron chi connectivity index (χ2n) is 7.84. The highest BCUT2D eigenvalue weighted by molar-refractivity contribution is 5.90. The summed E-state index contributed by atoms with van der Waals surface area (Å²) in [5.74, 6) is -0.707. The smallest absolute Gasteiger partial charge is 0.414 e. The predicted octanol–water partition coefficient (Wildman–Crippen LogP) is 1.74. The number of nitro groups is 1. The van der Waals surface area contributed by atoms with Crippen LogP contribution in [0.5, 0.6) is 0 Å². The number of carbonyl (C=O) groups is 2. The van der Waals surface area contributed by atoms with Crippen molar-refractivity contribution < 1.29 is 23.6 Å². The van der Waals surface area contributed by atoms with E-state index in [0.29, 0.717) is 36.7 Å². The molecule has 4 rings (SSSR count). The minimum atomic E-state index is -0.594. The molecule has 0 saturated carbocycles. The molecule has 0 spiro atoms. The van der Waals surface area contributed by atoms with E-state index >= 15 is 4.39 Å². The van der Waals surface area contributed by atoms with Crippen molar-refractivity contribution >= 4 is 29.1 Å². The number of nitrogens with zero attached hydrogens (tertiary/aromatic N) is 4. The Bertz CT molecular complexity index is 1070. The molecule has 1 unspecified atom stereocenters. The van der Waals surface area contributed by atoms with E-state index in [4.69, 9.17) is 4.74 Å². The molecule has 2 aliphatic rings. The van der Waals surface area contributed by atoms with Gasteiger partial charge >= 0.3 is 6.09 Å². The minimum absolute atomic E-state index is 0.0900. The summed E-state index contributed by atoms with van der Waals surface area (Å²) < 4.78 is 20.3. The van der Waals surface area contributed by atoms with Crippen LogP contribution in [0, 0.1) is 15.9 Å². The van der Waals surface area contributed by atoms with Crippen molar-refractivity contribution in [3.8, 4) is 0 Å². The molecular formula is C21H23FN6O5. The molecule has 2 saturated heterocycles. The van der Waals surface area contributed by atoms with E-state index in [2.05, 4.69) is 15.6 Å². The van der Waals surface area contributed by atoms with Crippen molar-refractivity contribution in [3.63, 3.8) is 0 Å². The van der Waals surface area contributed by atoms with Gasteiger partial charge in [-0.15, -0.1) is 0 Å². The highest BCUT2D eigenvalue weighted by Crippen LogP contribution is 2.30. The summed E-state index contributed by atoms with van der Waals surface area (Å²) in [5.41, 5.74) is 1.30. The quantitative estimate of drug-likeness (QED) is 0.495. The number of rotatable bonds is 6. The first-order valence-corrected chi connectivity index (χ1v) is 10.4. The Morgan fingerprint density at radius 2 is 2.18 bits per heavy atom. The maximum atomic E-state index is 15.0. The van der Waals surface area contributed by atoms with E-state index in [9.17, 15) is 19.7 Å². The fourth-order valence-corrected chi connectivity index (χ4v) is 3.89. The van der Waals surface area contributed by atoms with Crippen LogP contribution in [-0.2, 0) is 9.53 Å². The van der Waals surface area contributed by atoms with Gasteiger partial charge in [-0.2, -0.15) is 0 Å². The van der Waals surface area contributed by atoms with Crippen LogP contribution in [0.2, 0.25) is 0 Å². The Morgan fingerprint density at radius 1 is 1.36 bits per heavy atom. The number of cyclic esters (lactones) is 1. The lowest BCUT2D eigenvalue weighted by Crippen LogP contribution is -2.46. The molecular weight excluding hydrogens is 435 g/mol. The Morgan fingerprint density at radius 3 is 2.85 bits per heavy atom. The maximum Gasteiger partial charge on any atom is 0.414 e. The summed E-state index contributed by atoms with van der Waals surface area (Å²) in [4.78, 5) is 41.0. The molecule has 3 heterocycles. The average molecular weight is 458 g/mol. The van der Waals surface area contributed by atoms with Crippen molar-refractivity contribution in [2.75, 3.05) is 42.5 Å². The van der Waals surface area contributed by atoms with Crippen molar-refractivity contribution in [2.24, 2.45) is 0 Å². The number of benzene rings is 1. The molecule has 12 heteroatoms. The fraction of sp³-hybridized carbons (Fsp3) is 0.381. The lowest BCUT2D eigenvalue weighted by Gasteiger charge is -2.35. The molecule has 2 aliphatic heterocycles. The molecule has 2 aromatic rings. The third-order valence-corrected chi connectivity index (χ3v) is 5.55. The van der Waals surface area contributed by atoms with Gasteiger partial charge in [-0.25, -0.2) is 9.18 Å². The van der Waals surface area contributed by atoms with Gasteiger partial charge in [0.15, 0.2) is 0 Å². The number of amides is 2. The van der Waals surface area contributed by atoms with Gasteiger partial charge in [0.05, 0.1) is 41.1 Å². The van der Waals surface area contributed by atoms with Crippen LogP contribution in [-0.4, -0.2) is 60.7 Å². The largest absolute Gasteiger partial charge is 0.442 e. The molecule has 0 radical (unpaired) electrons. The van der Waals surface area contributed by atoms with Gasteiger partial charge in [0.25, 0.3) is 5.69 Å². The molecule has 2 amide bonds. The average Bonchev–Trinajstić information content (AvgIpc) is 3.18. The summed E-state index contributed by atoms with van der Waals surface area (Å²) in [6, 6.07) is 7.33. The van der Waals surface area contributed by atoms with E-state index in [-0.39, 0.29) is 30.7 Å². The highest BCUT2D eigenvalue weighted by Gasteiger charge is 2.33. The number of nitrogens with one attached hydrogen (secondary N) is 2. The Labute approximate surface area is 188 Å². The third-order valence-electron chi connectivity index (χ3n) is 5.55. The number of ether oxygens (including phenoxy) is 1. The van der Waals surface area contributed by atoms with Crippen LogP contribution in [0.25, 0.3) is 0 Å². The van der Waals surface area contributed by atoms with Crippen LogP contribution < -0.4 is 20.4 Å². The molecule has 2 atom stereocenters. The standard InChI is InChI=1S/C21H23FN6O5/c1-13(29)24-10-16-11-27(21(30)33-16)14-3-5-20(17(22)8-14)26-7-6-23-19(12-26)18-4-2-15(9-25-18)28(31)32/h2-5,8-9,16,19,23H,6-7,10-12H2,1H3,(H,24,29)/t16-,19?/m0/s1. The monoisotopic (exact) mass is 458 g/mol. The first-order chi connectivity index (χ1) is 15.8. The zero-order valence-corrected chi connectivity index (χ0v) is 17.9. The zero-order chi connectivity index (χ0) is 23.5. The Balaban J connectivity index is 1.45. The summed E-state index contributed by atoms with van der Waals surface area (Å²) in [5, 5.41) is 16.7. The molecule has 33 heavy (non-hydrogen) atoms. The molecule has 1 aromatic heterocycles. The summed E-state index contributed by atoms with van der Waals surface area (Å²) >= 11 is 0. The van der Waals surface area contributed by atoms with Crippen LogP contribution in [0.15, 0.2) is 36.5 Å². The molecule has 2 fully saturated rings. The summed E-state index contributed by atoms with van der Waals surface area (Å²) in [6.45, 7) is 3.33. The van der Waals surface area contributed by atoms with Crippen molar-refractivity contribution in [3.05, 3.63) is 58.2 Å². The molecule has 1 aromatic carbocycles. The Kier molecular flexibility index (Phi) is 6.36. The van der Waals surface area contributed by atoms with E-state index in [1.165, 1.54) is 30.2 Å². The van der Waals surface area contributed by atoms with Gasteiger partial charge in [0, 0.05) is 32.6 Å². The second-order valence-corrected chi connectivity index (χ2v) is 7.84. The van der Waals surface area contributed by atoms with Gasteiger partial charge in [-0.1, -0.05) is 0 Å². The minimum Gasteiger partial charge on any atom is -0.442 e. The highest BCUT2D eigenvalue weighted by atomic mass is 19.1. The van der Waals surface area contributed by atoms with Crippen LogP contribution >= 0.6 is 0 Å². The first kappa shape index (κ1) is 22.4. The fourth-order valence-electron chi connectivity index (χ4n) is 3.89. The van der Waals surface area contributed by atoms with Crippen LogP contribution in [0.1, 0.15) is 18.7 Å². The lowest BCUT2D eigenvalue weighted by molar-refractivity contribution is -0.385. The number of anilines is 2. The van der Waals surface area contributed by atoms with E-state index in [1.54, 1.807) is 18.2 Å². The topological polar surface area (TPSA) is 130 Å². The van der Waals surface area contributed by atoms with Crippen LogP contribution in [0.3, 0.4) is 0 Å². The second kappa shape index (κ2) is 9.36. The number of piperazine rings is 1. The molecule has 0 bridgehead atoms. The van der Waals surface area contributed by atoms with Crippen LogP contribution in [0.4, 0.5) is 26.2 Å². The van der Waals surface area contributed by atoms with Crippen molar-refractivity contribution in [1.29, 1.82) is 0 Å². The lowest BCUT2D eigenvalue weighted by atomic mass is 10.1. The third kappa shape index (κ3) is 5.00. The maximum absolute atomic E-state index is 15.0. The SMILES string of the molecule is CC(=O)NC[C@H]1CN(c2ccc(N3CCNC(c4ccc([N+](=O)[O-])cn4)C3)c(F)c2)C(=O)O1. The predicted molar refractivity (Wildman–Crippen MR) is 117 cm³/mol. The van der Waals surface area contributed by atoms with Gasteiger partial charge in [-0.3, -0.25) is 24.8 Å². The normalized spacial score (nSPS) is 20.5. The number of aromatic nitrogens is 1. The number of hydrogen-bond acceptors (Lipinski definition) is 8. The van der Waals surface area contributed by atoms with Gasteiger partial charge in [0.2, 0.25) is 5.91 Å². The number of pyridine rings is 1. The molecule has 0 aliphatic carbocycles. The number of carbonyl (C=O) groups excluding carboxylic acids is 2. The van der Waals surface area contributed by atoms with Crippen molar-refractivity contribution in [1.82, 2.24) is 15.6 Å². The van der Waals surface area contributed by atoms with Gasteiger partial charge < -0.3 is 20.3 Å². The summed E-state index contributed by atoms with van der Waals surface area (Å²) in [7, 11) is 0. The van der Waals surface area contributed by atoms with Gasteiger partial charge in [0.1, 0.15) is 18.1 Å². The van der Waals surface area contributed by atoms with Gasteiger partial charge in [-0.05, 0) is 24.3 Å². The first-order valence-electron chi connectivity index (χ1n) is 10.4. The molecule has 174 valence electrons.